The predicted octanol–water partition coefficient (Wildman–Crippen LogP) is 2.78. The summed E-state index contributed by atoms with van der Waals surface area (Å²) in [4.78, 5) is 26.8. The maximum absolute atomic E-state index is 12.7. The zero-order chi connectivity index (χ0) is 21.2. The molecule has 1 saturated heterocycles. The lowest BCUT2D eigenvalue weighted by atomic mass is 9.74. The Balaban J connectivity index is 1.62. The van der Waals surface area contributed by atoms with Crippen LogP contribution in [0.5, 0.6) is 0 Å². The Morgan fingerprint density at radius 1 is 1.17 bits per heavy atom. The fourth-order valence-electron chi connectivity index (χ4n) is 4.46. The number of hydrogen-bond acceptors (Lipinski definition) is 5. The first-order chi connectivity index (χ1) is 13.6. The number of amides is 1. The van der Waals surface area contributed by atoms with E-state index in [4.69, 9.17) is 4.74 Å². The summed E-state index contributed by atoms with van der Waals surface area (Å²) in [6.07, 6.45) is 4.60. The molecular weight excluding hydrogens is 390 g/mol. The van der Waals surface area contributed by atoms with Gasteiger partial charge >= 0.3 is 5.97 Å². The van der Waals surface area contributed by atoms with E-state index in [2.05, 4.69) is 0 Å². The Labute approximate surface area is 173 Å². The first-order valence-electron chi connectivity index (χ1n) is 10.4. The second-order valence-corrected chi connectivity index (χ2v) is 10.9. The number of ether oxygens (including phenoxy) is 1. The van der Waals surface area contributed by atoms with Crippen LogP contribution in [0.4, 0.5) is 0 Å². The summed E-state index contributed by atoms with van der Waals surface area (Å²) < 4.78 is 30.4. The van der Waals surface area contributed by atoms with Crippen molar-refractivity contribution in [1.29, 1.82) is 0 Å². The van der Waals surface area contributed by atoms with Gasteiger partial charge in [0.2, 0.25) is 5.91 Å². The molecule has 0 bridgehead atoms. The number of carbonyl (C=O) groups excluding carboxylic acids is 2. The highest BCUT2D eigenvalue weighted by molar-refractivity contribution is 7.91. The van der Waals surface area contributed by atoms with Crippen LogP contribution in [0.15, 0.2) is 23.1 Å². The van der Waals surface area contributed by atoms with Gasteiger partial charge in [0.05, 0.1) is 23.2 Å². The van der Waals surface area contributed by atoms with Crippen molar-refractivity contribution < 1.29 is 22.7 Å². The van der Waals surface area contributed by atoms with E-state index < -0.39 is 15.3 Å². The van der Waals surface area contributed by atoms with Gasteiger partial charge in [0, 0.05) is 19.5 Å². The Hall–Kier alpha value is -1.89. The maximum Gasteiger partial charge on any atom is 0.311 e. The van der Waals surface area contributed by atoms with Crippen molar-refractivity contribution in [3.05, 3.63) is 29.3 Å². The first kappa shape index (κ1) is 21.8. The quantitative estimate of drug-likeness (QED) is 0.660. The van der Waals surface area contributed by atoms with Crippen LogP contribution in [0.1, 0.15) is 50.7 Å². The number of sulfone groups is 1. The van der Waals surface area contributed by atoms with Crippen LogP contribution in [0.3, 0.4) is 0 Å². The number of likely N-dealkylation sites (tertiary alicyclic amines) is 1. The van der Waals surface area contributed by atoms with E-state index in [-0.39, 0.29) is 30.0 Å². The van der Waals surface area contributed by atoms with Crippen LogP contribution in [0.2, 0.25) is 0 Å². The Bertz CT molecular complexity index is 890. The summed E-state index contributed by atoms with van der Waals surface area (Å²) in [5.41, 5.74) is 1.67. The fraction of sp³-hybridized carbons (Fsp3) is 0.636. The molecule has 1 aromatic rings. The van der Waals surface area contributed by atoms with Gasteiger partial charge in [-0.2, -0.15) is 0 Å². The fourth-order valence-corrected chi connectivity index (χ4v) is 5.74. The van der Waals surface area contributed by atoms with Gasteiger partial charge in [-0.3, -0.25) is 9.59 Å². The lowest BCUT2D eigenvalue weighted by Gasteiger charge is -2.39. The zero-order valence-corrected chi connectivity index (χ0v) is 18.4. The number of nitrogens with zero attached hydrogens (tertiary/aromatic N) is 1. The number of fused-ring (bicyclic) bond motifs is 1. The van der Waals surface area contributed by atoms with Gasteiger partial charge < -0.3 is 9.64 Å². The average molecular weight is 422 g/mol. The van der Waals surface area contributed by atoms with E-state index >= 15 is 0 Å². The number of aryl methyl sites for hydroxylation is 2. The number of methoxy groups -OCH3 is 1. The maximum atomic E-state index is 12.7. The van der Waals surface area contributed by atoms with E-state index in [1.165, 1.54) is 12.7 Å². The van der Waals surface area contributed by atoms with Crippen molar-refractivity contribution in [1.82, 2.24) is 4.90 Å². The molecule has 7 heteroatoms. The largest absolute Gasteiger partial charge is 0.469 e. The molecule has 1 heterocycles. The van der Waals surface area contributed by atoms with Crippen LogP contribution < -0.4 is 0 Å². The highest BCUT2D eigenvalue weighted by Crippen LogP contribution is 2.35. The standard InChI is InChI=1S/C22H31NO5S/c1-22(2,21(25)28-3)18-8-5-12-23(15-18)20(24)11-13-29(26,27)19-10-9-16-6-4-7-17(16)14-19/h9-10,14,18H,4-8,11-13,15H2,1-3H3/t18-/m1/s1. The average Bonchev–Trinajstić information content (AvgIpc) is 3.19. The second kappa shape index (κ2) is 8.46. The molecule has 1 aliphatic heterocycles. The lowest BCUT2D eigenvalue weighted by molar-refractivity contribution is -0.156. The van der Waals surface area contributed by atoms with Gasteiger partial charge in [-0.05, 0) is 75.1 Å². The van der Waals surface area contributed by atoms with Gasteiger partial charge in [-0.15, -0.1) is 0 Å². The Morgan fingerprint density at radius 2 is 1.90 bits per heavy atom. The minimum absolute atomic E-state index is 0.000896. The summed E-state index contributed by atoms with van der Waals surface area (Å²) >= 11 is 0. The van der Waals surface area contributed by atoms with Crippen LogP contribution in [-0.4, -0.2) is 51.1 Å². The summed E-state index contributed by atoms with van der Waals surface area (Å²) in [6, 6.07) is 5.35. The number of carbonyl (C=O) groups is 2. The van der Waals surface area contributed by atoms with Gasteiger partial charge in [0.25, 0.3) is 0 Å². The number of piperidine rings is 1. The lowest BCUT2D eigenvalue weighted by Crippen LogP contribution is -2.47. The third-order valence-corrected chi connectivity index (χ3v) is 8.23. The minimum Gasteiger partial charge on any atom is -0.469 e. The number of esters is 1. The molecule has 0 aromatic heterocycles. The van der Waals surface area contributed by atoms with Crippen molar-refractivity contribution in [2.75, 3.05) is 26.0 Å². The number of rotatable bonds is 6. The molecule has 1 amide bonds. The van der Waals surface area contributed by atoms with E-state index in [0.717, 1.165) is 37.7 Å². The van der Waals surface area contributed by atoms with Crippen molar-refractivity contribution in [3.8, 4) is 0 Å². The van der Waals surface area contributed by atoms with Crippen molar-refractivity contribution in [2.45, 2.75) is 57.3 Å². The smallest absolute Gasteiger partial charge is 0.311 e. The van der Waals surface area contributed by atoms with E-state index in [1.807, 2.05) is 19.9 Å². The molecule has 0 unspecified atom stereocenters. The molecule has 3 rings (SSSR count). The second-order valence-electron chi connectivity index (χ2n) is 8.75. The van der Waals surface area contributed by atoms with Crippen LogP contribution in [-0.2, 0) is 37.0 Å². The molecule has 0 saturated carbocycles. The molecule has 1 aliphatic carbocycles. The van der Waals surface area contributed by atoms with Gasteiger partial charge in [-0.25, -0.2) is 8.42 Å². The van der Waals surface area contributed by atoms with Crippen LogP contribution >= 0.6 is 0 Å². The van der Waals surface area contributed by atoms with Gasteiger partial charge in [-0.1, -0.05) is 6.07 Å². The molecule has 0 N–H and O–H groups in total. The predicted molar refractivity (Wildman–Crippen MR) is 110 cm³/mol. The third-order valence-electron chi connectivity index (χ3n) is 6.52. The molecular formula is C22H31NO5S. The number of benzene rings is 1. The monoisotopic (exact) mass is 421 g/mol. The first-order valence-corrected chi connectivity index (χ1v) is 12.0. The summed E-state index contributed by atoms with van der Waals surface area (Å²) in [5, 5.41) is 0. The molecule has 1 fully saturated rings. The molecule has 0 radical (unpaired) electrons. The third kappa shape index (κ3) is 4.65. The van der Waals surface area contributed by atoms with Crippen molar-refractivity contribution in [3.63, 3.8) is 0 Å². The van der Waals surface area contributed by atoms with E-state index in [0.29, 0.717) is 18.0 Å². The molecule has 1 atom stereocenters. The highest BCUT2D eigenvalue weighted by atomic mass is 32.2. The van der Waals surface area contributed by atoms with E-state index in [9.17, 15) is 18.0 Å². The SMILES string of the molecule is COC(=O)C(C)(C)[C@@H]1CCCN(C(=O)CCS(=O)(=O)c2ccc3c(c2)CCC3)C1. The summed E-state index contributed by atoms with van der Waals surface area (Å²) in [7, 11) is -2.12. The molecule has 160 valence electrons. The van der Waals surface area contributed by atoms with Gasteiger partial charge in [0.1, 0.15) is 0 Å². The zero-order valence-electron chi connectivity index (χ0n) is 17.6. The van der Waals surface area contributed by atoms with Crippen LogP contribution in [0, 0.1) is 11.3 Å². The minimum atomic E-state index is -3.50. The summed E-state index contributed by atoms with van der Waals surface area (Å²) in [6.45, 7) is 4.75. The molecule has 1 aromatic carbocycles. The molecule has 29 heavy (non-hydrogen) atoms. The normalized spacial score (nSPS) is 19.7. The Kier molecular flexibility index (Phi) is 6.36. The topological polar surface area (TPSA) is 80.8 Å². The molecule has 2 aliphatic rings. The van der Waals surface area contributed by atoms with Gasteiger partial charge in [0.15, 0.2) is 9.84 Å². The Morgan fingerprint density at radius 3 is 2.62 bits per heavy atom. The van der Waals surface area contributed by atoms with Crippen molar-refractivity contribution in [2.24, 2.45) is 11.3 Å². The number of hydrogen-bond donors (Lipinski definition) is 0. The van der Waals surface area contributed by atoms with Crippen LogP contribution in [0.25, 0.3) is 0 Å². The molecule has 6 nitrogen and oxygen atoms in total. The van der Waals surface area contributed by atoms with E-state index in [1.54, 1.807) is 17.0 Å². The highest BCUT2D eigenvalue weighted by Gasteiger charge is 2.40. The molecule has 0 spiro atoms. The summed E-state index contributed by atoms with van der Waals surface area (Å²) in [5.74, 6) is -0.635. The van der Waals surface area contributed by atoms with Crippen molar-refractivity contribution >= 4 is 21.7 Å².